The zero-order valence-corrected chi connectivity index (χ0v) is 11.3. The molecule has 1 aliphatic heterocycles. The maximum Gasteiger partial charge on any atom is 0.237 e. The molecule has 102 valence electrons. The lowest BCUT2D eigenvalue weighted by molar-refractivity contribution is -0.124. The van der Waals surface area contributed by atoms with Gasteiger partial charge in [-0.1, -0.05) is 54.6 Å². The van der Waals surface area contributed by atoms with Crippen LogP contribution in [0.15, 0.2) is 54.6 Å². The van der Waals surface area contributed by atoms with Gasteiger partial charge in [0.25, 0.3) is 0 Å². The number of nitrogens with one attached hydrogen (secondary N) is 2. The number of amides is 1. The summed E-state index contributed by atoms with van der Waals surface area (Å²) in [5, 5.41) is 6.19. The summed E-state index contributed by atoms with van der Waals surface area (Å²) in [6.45, 7) is 1.56. The number of carbonyl (C=O) groups excluding carboxylic acids is 1. The molecule has 0 radical (unpaired) electrons. The molecule has 2 aromatic carbocycles. The molecule has 2 N–H and O–H groups in total. The second-order valence-corrected chi connectivity index (χ2v) is 5.03. The van der Waals surface area contributed by atoms with Crippen molar-refractivity contribution in [2.24, 2.45) is 0 Å². The molecule has 20 heavy (non-hydrogen) atoms. The second-order valence-electron chi connectivity index (χ2n) is 5.03. The van der Waals surface area contributed by atoms with Gasteiger partial charge in [0.2, 0.25) is 5.91 Å². The highest BCUT2D eigenvalue weighted by Crippen LogP contribution is 2.24. The van der Waals surface area contributed by atoms with E-state index in [9.17, 15) is 4.79 Å². The van der Waals surface area contributed by atoms with Crippen molar-refractivity contribution in [2.45, 2.75) is 12.5 Å². The second kappa shape index (κ2) is 5.88. The Hall–Kier alpha value is -2.13. The maximum atomic E-state index is 11.9. The summed E-state index contributed by atoms with van der Waals surface area (Å²) in [6.07, 6.45) is 0.719. The summed E-state index contributed by atoms with van der Waals surface area (Å²) < 4.78 is 0. The quantitative estimate of drug-likeness (QED) is 0.892. The average molecular weight is 266 g/mol. The minimum Gasteiger partial charge on any atom is -0.353 e. The Morgan fingerprint density at radius 3 is 2.50 bits per heavy atom. The Morgan fingerprint density at radius 1 is 0.950 bits per heavy atom. The van der Waals surface area contributed by atoms with Crippen LogP contribution in [0.3, 0.4) is 0 Å². The lowest BCUT2D eigenvalue weighted by Gasteiger charge is -2.24. The van der Waals surface area contributed by atoms with Gasteiger partial charge in [-0.2, -0.15) is 0 Å². The standard InChI is InChI=1S/C17H18N2O/c20-17-16(18-10-11-19-17)12-14-8-4-5-9-15(14)13-6-2-1-3-7-13/h1-9,16,18H,10-12H2,(H,19,20). The van der Waals surface area contributed by atoms with E-state index in [1.807, 2.05) is 30.3 Å². The van der Waals surface area contributed by atoms with Gasteiger partial charge in [-0.15, -0.1) is 0 Å². The fraction of sp³-hybridized carbons (Fsp3) is 0.235. The smallest absolute Gasteiger partial charge is 0.237 e. The van der Waals surface area contributed by atoms with Gasteiger partial charge in [-0.3, -0.25) is 4.79 Å². The molecule has 0 aromatic heterocycles. The number of piperazine rings is 1. The van der Waals surface area contributed by atoms with Gasteiger partial charge in [0, 0.05) is 13.1 Å². The van der Waals surface area contributed by atoms with Gasteiger partial charge in [0.05, 0.1) is 6.04 Å². The molecule has 0 saturated carbocycles. The van der Waals surface area contributed by atoms with Crippen LogP contribution in [-0.2, 0) is 11.2 Å². The summed E-state index contributed by atoms with van der Waals surface area (Å²) in [5.41, 5.74) is 3.60. The van der Waals surface area contributed by atoms with E-state index in [4.69, 9.17) is 0 Å². The van der Waals surface area contributed by atoms with E-state index in [0.29, 0.717) is 0 Å². The van der Waals surface area contributed by atoms with E-state index in [1.165, 1.54) is 16.7 Å². The molecule has 1 heterocycles. The van der Waals surface area contributed by atoms with Gasteiger partial charge >= 0.3 is 0 Å². The largest absolute Gasteiger partial charge is 0.353 e. The molecule has 0 spiro atoms. The molecule has 0 bridgehead atoms. The molecule has 1 aliphatic rings. The number of hydrogen-bond donors (Lipinski definition) is 2. The number of benzene rings is 2. The third-order valence-corrected chi connectivity index (χ3v) is 3.66. The van der Waals surface area contributed by atoms with Gasteiger partial charge < -0.3 is 10.6 Å². The van der Waals surface area contributed by atoms with Crippen LogP contribution in [0.1, 0.15) is 5.56 Å². The van der Waals surface area contributed by atoms with E-state index in [0.717, 1.165) is 19.5 Å². The first-order chi connectivity index (χ1) is 9.84. The van der Waals surface area contributed by atoms with Crippen LogP contribution in [0.25, 0.3) is 11.1 Å². The van der Waals surface area contributed by atoms with Crippen molar-refractivity contribution < 1.29 is 4.79 Å². The topological polar surface area (TPSA) is 41.1 Å². The van der Waals surface area contributed by atoms with E-state index >= 15 is 0 Å². The molecule has 1 unspecified atom stereocenters. The van der Waals surface area contributed by atoms with Gasteiger partial charge in [0.1, 0.15) is 0 Å². The van der Waals surface area contributed by atoms with Gasteiger partial charge in [-0.05, 0) is 23.1 Å². The monoisotopic (exact) mass is 266 g/mol. The minimum atomic E-state index is -0.131. The summed E-state index contributed by atoms with van der Waals surface area (Å²) in [5.74, 6) is 0.0964. The van der Waals surface area contributed by atoms with Crippen LogP contribution in [0.2, 0.25) is 0 Å². The first-order valence-corrected chi connectivity index (χ1v) is 6.99. The molecule has 1 saturated heterocycles. The predicted molar refractivity (Wildman–Crippen MR) is 80.4 cm³/mol. The van der Waals surface area contributed by atoms with E-state index in [2.05, 4.69) is 34.9 Å². The summed E-state index contributed by atoms with van der Waals surface area (Å²) in [7, 11) is 0. The van der Waals surface area contributed by atoms with Crippen LogP contribution in [-0.4, -0.2) is 25.0 Å². The van der Waals surface area contributed by atoms with Crippen molar-refractivity contribution in [3.05, 3.63) is 60.2 Å². The molecule has 1 atom stereocenters. The fourth-order valence-electron chi connectivity index (χ4n) is 2.63. The van der Waals surface area contributed by atoms with Crippen molar-refractivity contribution in [1.82, 2.24) is 10.6 Å². The molecule has 3 heteroatoms. The average Bonchev–Trinajstić information content (AvgIpc) is 2.51. The molecule has 1 fully saturated rings. The molecule has 0 aliphatic carbocycles. The van der Waals surface area contributed by atoms with E-state index in [-0.39, 0.29) is 11.9 Å². The molecular formula is C17H18N2O. The van der Waals surface area contributed by atoms with E-state index < -0.39 is 0 Å². The highest BCUT2D eigenvalue weighted by molar-refractivity contribution is 5.83. The van der Waals surface area contributed by atoms with Crippen molar-refractivity contribution in [3.8, 4) is 11.1 Å². The highest BCUT2D eigenvalue weighted by atomic mass is 16.2. The van der Waals surface area contributed by atoms with Crippen LogP contribution >= 0.6 is 0 Å². The normalized spacial score (nSPS) is 18.6. The lowest BCUT2D eigenvalue weighted by Crippen LogP contribution is -2.53. The Morgan fingerprint density at radius 2 is 1.70 bits per heavy atom. The van der Waals surface area contributed by atoms with Crippen LogP contribution in [0, 0.1) is 0 Å². The van der Waals surface area contributed by atoms with Crippen molar-refractivity contribution in [2.75, 3.05) is 13.1 Å². The van der Waals surface area contributed by atoms with Crippen LogP contribution in [0.5, 0.6) is 0 Å². The zero-order valence-electron chi connectivity index (χ0n) is 11.3. The molecule has 1 amide bonds. The maximum absolute atomic E-state index is 11.9. The van der Waals surface area contributed by atoms with Gasteiger partial charge in [-0.25, -0.2) is 0 Å². The van der Waals surface area contributed by atoms with Crippen molar-refractivity contribution in [3.63, 3.8) is 0 Å². The third-order valence-electron chi connectivity index (χ3n) is 3.66. The molecule has 2 aromatic rings. The Bertz CT molecular complexity index is 595. The molecular weight excluding hydrogens is 248 g/mol. The van der Waals surface area contributed by atoms with Crippen LogP contribution in [0.4, 0.5) is 0 Å². The number of rotatable bonds is 3. The highest BCUT2D eigenvalue weighted by Gasteiger charge is 2.22. The molecule has 3 nitrogen and oxygen atoms in total. The van der Waals surface area contributed by atoms with Crippen molar-refractivity contribution in [1.29, 1.82) is 0 Å². The fourth-order valence-corrected chi connectivity index (χ4v) is 2.63. The first-order valence-electron chi connectivity index (χ1n) is 6.99. The Labute approximate surface area is 119 Å². The molecule has 3 rings (SSSR count). The Balaban J connectivity index is 1.88. The van der Waals surface area contributed by atoms with Gasteiger partial charge in [0.15, 0.2) is 0 Å². The van der Waals surface area contributed by atoms with E-state index in [1.54, 1.807) is 0 Å². The minimum absolute atomic E-state index is 0.0964. The number of carbonyl (C=O) groups is 1. The van der Waals surface area contributed by atoms with Crippen LogP contribution < -0.4 is 10.6 Å². The summed E-state index contributed by atoms with van der Waals surface area (Å²) in [4.78, 5) is 11.9. The SMILES string of the molecule is O=C1NCCNC1Cc1ccccc1-c1ccccc1. The summed E-state index contributed by atoms with van der Waals surface area (Å²) >= 11 is 0. The Kier molecular flexibility index (Phi) is 3.79. The number of hydrogen-bond acceptors (Lipinski definition) is 2. The van der Waals surface area contributed by atoms with Crippen molar-refractivity contribution >= 4 is 5.91 Å². The summed E-state index contributed by atoms with van der Waals surface area (Å²) in [6, 6.07) is 18.5. The first kappa shape index (κ1) is 12.9. The predicted octanol–water partition coefficient (Wildman–Crippen LogP) is 1.98. The zero-order chi connectivity index (χ0) is 13.8. The lowest BCUT2D eigenvalue weighted by atomic mass is 9.94. The third kappa shape index (κ3) is 2.73.